The van der Waals surface area contributed by atoms with Crippen LogP contribution in [0.1, 0.15) is 45.9 Å². The van der Waals surface area contributed by atoms with Gasteiger partial charge in [-0.25, -0.2) is 9.97 Å². The fourth-order valence-electron chi connectivity index (χ4n) is 4.67. The van der Waals surface area contributed by atoms with Crippen LogP contribution in [0.5, 0.6) is 0 Å². The third-order valence-corrected chi connectivity index (χ3v) is 6.76. The molecule has 188 valence electrons. The fraction of sp³-hybridized carbons (Fsp3) is 0.276. The lowest BCUT2D eigenvalue weighted by Gasteiger charge is -2.29. The molecule has 0 atom stereocenters. The molecule has 1 aromatic carbocycles. The molecule has 1 saturated heterocycles. The van der Waals surface area contributed by atoms with Gasteiger partial charge in [0.2, 0.25) is 5.95 Å². The molecule has 5 rings (SSSR count). The predicted octanol–water partition coefficient (Wildman–Crippen LogP) is 5.36. The first-order valence-corrected chi connectivity index (χ1v) is 12.5. The molecule has 0 radical (unpaired) electrons. The number of piperidine rings is 1. The SMILES string of the molecule is Cc1cc(C(=O)Nc2cnc(C)c(Nc3nccc(-c4cccnc4)n3)c2)cc(C2CCN(C)CC2)c1. The average Bonchev–Trinajstić information content (AvgIpc) is 2.91. The summed E-state index contributed by atoms with van der Waals surface area (Å²) in [5, 5.41) is 6.25. The maximum absolute atomic E-state index is 13.2. The highest BCUT2D eigenvalue weighted by Crippen LogP contribution is 2.29. The van der Waals surface area contributed by atoms with Crippen LogP contribution in [0.2, 0.25) is 0 Å². The summed E-state index contributed by atoms with van der Waals surface area (Å²) in [7, 11) is 2.16. The van der Waals surface area contributed by atoms with Gasteiger partial charge in [-0.3, -0.25) is 14.8 Å². The van der Waals surface area contributed by atoms with E-state index in [2.05, 4.69) is 48.6 Å². The standard InChI is InChI=1S/C29H31N7O/c1-19-13-23(21-7-11-36(3)12-8-21)15-24(14-19)28(37)33-25-16-27(20(2)32-18-25)35-29-31-10-6-26(34-29)22-5-4-9-30-17-22/h4-6,9-10,13-18,21H,7-8,11-12H2,1-3H3,(H,33,37)(H,31,34,35). The highest BCUT2D eigenvalue weighted by Gasteiger charge is 2.20. The van der Waals surface area contributed by atoms with E-state index in [1.165, 1.54) is 5.56 Å². The molecular formula is C29H31N7O. The summed E-state index contributed by atoms with van der Waals surface area (Å²) in [5.74, 6) is 0.780. The predicted molar refractivity (Wildman–Crippen MR) is 146 cm³/mol. The van der Waals surface area contributed by atoms with Gasteiger partial charge in [-0.05, 0) is 94.7 Å². The molecule has 8 nitrogen and oxygen atoms in total. The lowest BCUT2D eigenvalue weighted by molar-refractivity contribution is 0.102. The Hall–Kier alpha value is -4.17. The molecule has 0 bridgehead atoms. The number of hydrogen-bond donors (Lipinski definition) is 2. The molecule has 0 saturated carbocycles. The lowest BCUT2D eigenvalue weighted by atomic mass is 9.87. The molecule has 4 heterocycles. The van der Waals surface area contributed by atoms with E-state index in [4.69, 9.17) is 0 Å². The topological polar surface area (TPSA) is 95.9 Å². The Balaban J connectivity index is 1.32. The number of hydrogen-bond acceptors (Lipinski definition) is 7. The van der Waals surface area contributed by atoms with Gasteiger partial charge >= 0.3 is 0 Å². The van der Waals surface area contributed by atoms with E-state index in [9.17, 15) is 4.79 Å². The zero-order chi connectivity index (χ0) is 25.8. The quantitative estimate of drug-likeness (QED) is 0.373. The van der Waals surface area contributed by atoms with E-state index in [-0.39, 0.29) is 5.91 Å². The highest BCUT2D eigenvalue weighted by atomic mass is 16.1. The summed E-state index contributed by atoms with van der Waals surface area (Å²) in [6, 6.07) is 13.7. The van der Waals surface area contributed by atoms with Gasteiger partial charge in [-0.15, -0.1) is 0 Å². The number of amides is 1. The van der Waals surface area contributed by atoms with Gasteiger partial charge in [0.15, 0.2) is 0 Å². The fourth-order valence-corrected chi connectivity index (χ4v) is 4.67. The number of pyridine rings is 2. The van der Waals surface area contributed by atoms with Crippen molar-refractivity contribution in [2.75, 3.05) is 30.8 Å². The minimum atomic E-state index is -0.149. The summed E-state index contributed by atoms with van der Waals surface area (Å²) >= 11 is 0. The van der Waals surface area contributed by atoms with Crippen molar-refractivity contribution in [3.05, 3.63) is 89.6 Å². The van der Waals surface area contributed by atoms with Crippen LogP contribution >= 0.6 is 0 Å². The second-order valence-corrected chi connectivity index (χ2v) is 9.65. The van der Waals surface area contributed by atoms with E-state index in [1.54, 1.807) is 24.8 Å². The third-order valence-electron chi connectivity index (χ3n) is 6.76. The number of likely N-dealkylation sites (tertiary alicyclic amines) is 1. The number of anilines is 3. The molecule has 0 spiro atoms. The number of aromatic nitrogens is 4. The minimum Gasteiger partial charge on any atom is -0.322 e. The van der Waals surface area contributed by atoms with Crippen LogP contribution < -0.4 is 10.6 Å². The summed E-state index contributed by atoms with van der Waals surface area (Å²) in [6.07, 6.45) is 9.08. The zero-order valence-corrected chi connectivity index (χ0v) is 21.4. The molecular weight excluding hydrogens is 462 g/mol. The number of aryl methyl sites for hydroxylation is 2. The zero-order valence-electron chi connectivity index (χ0n) is 21.4. The van der Waals surface area contributed by atoms with Gasteiger partial charge in [0.05, 0.1) is 29.0 Å². The van der Waals surface area contributed by atoms with Crippen LogP contribution in [-0.4, -0.2) is 50.9 Å². The van der Waals surface area contributed by atoms with Gasteiger partial charge in [0, 0.05) is 29.7 Å². The van der Waals surface area contributed by atoms with Crippen molar-refractivity contribution in [1.29, 1.82) is 0 Å². The first-order valence-electron chi connectivity index (χ1n) is 12.5. The van der Waals surface area contributed by atoms with E-state index < -0.39 is 0 Å². The molecule has 8 heteroatoms. The number of nitrogens with zero attached hydrogens (tertiary/aromatic N) is 5. The molecule has 1 fully saturated rings. The number of rotatable bonds is 6. The Labute approximate surface area is 217 Å². The van der Waals surface area contributed by atoms with E-state index in [0.29, 0.717) is 23.1 Å². The molecule has 1 amide bonds. The largest absolute Gasteiger partial charge is 0.322 e. The number of nitrogens with one attached hydrogen (secondary N) is 2. The van der Waals surface area contributed by atoms with Crippen LogP contribution in [0.4, 0.5) is 17.3 Å². The molecule has 3 aromatic heterocycles. The maximum atomic E-state index is 13.2. The molecule has 0 aliphatic carbocycles. The van der Waals surface area contributed by atoms with E-state index in [1.807, 2.05) is 50.2 Å². The summed E-state index contributed by atoms with van der Waals surface area (Å²) < 4.78 is 0. The first-order chi connectivity index (χ1) is 17.9. The van der Waals surface area contributed by atoms with Crippen LogP contribution in [0.25, 0.3) is 11.3 Å². The Morgan fingerprint density at radius 3 is 2.62 bits per heavy atom. The van der Waals surface area contributed by atoms with Crippen molar-refractivity contribution in [3.63, 3.8) is 0 Å². The Kier molecular flexibility index (Phi) is 7.18. The van der Waals surface area contributed by atoms with Gasteiger partial charge in [-0.2, -0.15) is 0 Å². The highest BCUT2D eigenvalue weighted by molar-refractivity contribution is 6.04. The van der Waals surface area contributed by atoms with E-state index in [0.717, 1.165) is 54.1 Å². The molecule has 37 heavy (non-hydrogen) atoms. The third kappa shape index (κ3) is 5.98. The monoisotopic (exact) mass is 493 g/mol. The molecule has 2 N–H and O–H groups in total. The molecule has 0 unspecified atom stereocenters. The van der Waals surface area contributed by atoms with Crippen LogP contribution in [0, 0.1) is 13.8 Å². The minimum absolute atomic E-state index is 0.149. The first kappa shape index (κ1) is 24.5. The normalized spacial score (nSPS) is 14.4. The molecule has 1 aliphatic heterocycles. The van der Waals surface area contributed by atoms with Gasteiger partial charge in [0.25, 0.3) is 5.91 Å². The smallest absolute Gasteiger partial charge is 0.255 e. The van der Waals surface area contributed by atoms with Gasteiger partial charge in [-0.1, -0.05) is 11.6 Å². The van der Waals surface area contributed by atoms with Gasteiger partial charge < -0.3 is 15.5 Å². The van der Waals surface area contributed by atoms with Crippen LogP contribution in [-0.2, 0) is 0 Å². The van der Waals surface area contributed by atoms with E-state index >= 15 is 0 Å². The van der Waals surface area contributed by atoms with Crippen molar-refractivity contribution >= 4 is 23.2 Å². The number of carbonyl (C=O) groups is 1. The summed E-state index contributed by atoms with van der Waals surface area (Å²) in [4.78, 5) is 33.2. The van der Waals surface area contributed by atoms with Crippen molar-refractivity contribution in [2.45, 2.75) is 32.6 Å². The lowest BCUT2D eigenvalue weighted by Crippen LogP contribution is -2.29. The number of benzene rings is 1. The molecule has 1 aliphatic rings. The van der Waals surface area contributed by atoms with Crippen LogP contribution in [0.15, 0.2) is 67.3 Å². The maximum Gasteiger partial charge on any atom is 0.255 e. The summed E-state index contributed by atoms with van der Waals surface area (Å²) in [6.45, 7) is 6.11. The number of carbonyl (C=O) groups excluding carboxylic acids is 1. The second-order valence-electron chi connectivity index (χ2n) is 9.65. The second kappa shape index (κ2) is 10.8. The summed E-state index contributed by atoms with van der Waals surface area (Å²) in [5.41, 5.74) is 6.76. The average molecular weight is 494 g/mol. The Bertz CT molecular complexity index is 1400. The van der Waals surface area contributed by atoms with Gasteiger partial charge in [0.1, 0.15) is 0 Å². The van der Waals surface area contributed by atoms with Crippen molar-refractivity contribution in [3.8, 4) is 11.3 Å². The van der Waals surface area contributed by atoms with Crippen LogP contribution in [0.3, 0.4) is 0 Å². The molecule has 4 aromatic rings. The Morgan fingerprint density at radius 2 is 1.84 bits per heavy atom. The van der Waals surface area contributed by atoms with Crippen molar-refractivity contribution < 1.29 is 4.79 Å². The Morgan fingerprint density at radius 1 is 1.00 bits per heavy atom. The van der Waals surface area contributed by atoms with Crippen molar-refractivity contribution in [1.82, 2.24) is 24.8 Å². The van der Waals surface area contributed by atoms with Crippen molar-refractivity contribution in [2.24, 2.45) is 0 Å².